The maximum absolute atomic E-state index is 11.2. The number of furan rings is 1. The molecule has 2 aromatic heterocycles. The molecule has 24 heavy (non-hydrogen) atoms. The molecule has 128 valence electrons. The summed E-state index contributed by atoms with van der Waals surface area (Å²) in [6.45, 7) is 3.79. The Morgan fingerprint density at radius 1 is 1.29 bits per heavy atom. The lowest BCUT2D eigenvalue weighted by atomic mass is 9.78. The largest absolute Gasteiger partial charge is 0.477 e. The van der Waals surface area contributed by atoms with Crippen molar-refractivity contribution in [2.45, 2.75) is 58.3 Å². The smallest absolute Gasteiger partial charge is 0.354 e. The van der Waals surface area contributed by atoms with Crippen LogP contribution in [0.4, 0.5) is 0 Å². The van der Waals surface area contributed by atoms with Crippen LogP contribution in [0, 0.1) is 19.8 Å². The van der Waals surface area contributed by atoms with E-state index < -0.39 is 5.97 Å². The summed E-state index contributed by atoms with van der Waals surface area (Å²) in [5, 5.41) is 9.17. The summed E-state index contributed by atoms with van der Waals surface area (Å²) in [6, 6.07) is 4.15. The van der Waals surface area contributed by atoms with Crippen LogP contribution in [-0.2, 0) is 6.42 Å². The summed E-state index contributed by atoms with van der Waals surface area (Å²) < 4.78 is 5.81. The highest BCUT2D eigenvalue weighted by atomic mass is 16.4. The molecule has 1 fully saturated rings. The molecule has 1 N–H and O–H groups in total. The maximum atomic E-state index is 11.2. The molecule has 1 aliphatic rings. The van der Waals surface area contributed by atoms with Crippen molar-refractivity contribution in [2.24, 2.45) is 5.92 Å². The number of carbonyl (C=O) groups is 1. The summed E-state index contributed by atoms with van der Waals surface area (Å²) in [6.07, 6.45) is 7.99. The molecule has 2 heterocycles. The molecule has 5 nitrogen and oxygen atoms in total. The van der Waals surface area contributed by atoms with Crippen LogP contribution in [-0.4, -0.2) is 21.0 Å². The summed E-state index contributed by atoms with van der Waals surface area (Å²) in [5.41, 5.74) is 1.67. The molecule has 0 unspecified atom stereocenters. The second kappa shape index (κ2) is 7.16. The molecule has 0 aromatic carbocycles. The zero-order valence-corrected chi connectivity index (χ0v) is 14.3. The van der Waals surface area contributed by atoms with Gasteiger partial charge >= 0.3 is 5.97 Å². The van der Waals surface area contributed by atoms with Crippen LogP contribution >= 0.6 is 0 Å². The molecule has 0 bridgehead atoms. The van der Waals surface area contributed by atoms with Gasteiger partial charge in [-0.1, -0.05) is 12.8 Å². The number of hydrogen-bond donors (Lipinski definition) is 1. The van der Waals surface area contributed by atoms with Gasteiger partial charge < -0.3 is 9.52 Å². The zero-order valence-electron chi connectivity index (χ0n) is 14.3. The Balaban J connectivity index is 1.62. The van der Waals surface area contributed by atoms with E-state index in [0.29, 0.717) is 17.4 Å². The highest BCUT2D eigenvalue weighted by Gasteiger charge is 2.25. The van der Waals surface area contributed by atoms with Crippen molar-refractivity contribution in [2.75, 3.05) is 0 Å². The molecule has 0 saturated heterocycles. The van der Waals surface area contributed by atoms with Crippen molar-refractivity contribution < 1.29 is 14.3 Å². The Kier molecular flexibility index (Phi) is 4.97. The molecule has 1 aliphatic carbocycles. The Morgan fingerprint density at radius 3 is 2.83 bits per heavy atom. The minimum Gasteiger partial charge on any atom is -0.477 e. The third-order valence-electron chi connectivity index (χ3n) is 5.13. The average Bonchev–Trinajstić information content (AvgIpc) is 3.00. The Labute approximate surface area is 142 Å². The molecule has 5 heteroatoms. The monoisotopic (exact) mass is 328 g/mol. The molecular weight excluding hydrogens is 304 g/mol. The van der Waals surface area contributed by atoms with Crippen LogP contribution in [0.5, 0.6) is 0 Å². The van der Waals surface area contributed by atoms with E-state index in [1.54, 1.807) is 6.92 Å². The van der Waals surface area contributed by atoms with Crippen molar-refractivity contribution in [1.29, 1.82) is 0 Å². The topological polar surface area (TPSA) is 76.2 Å². The van der Waals surface area contributed by atoms with Gasteiger partial charge in [0.25, 0.3) is 0 Å². The van der Waals surface area contributed by atoms with E-state index in [9.17, 15) is 4.79 Å². The van der Waals surface area contributed by atoms with Crippen LogP contribution in [0.2, 0.25) is 0 Å². The number of carboxylic acids is 1. The van der Waals surface area contributed by atoms with Crippen molar-refractivity contribution in [3.05, 3.63) is 46.9 Å². The molecule has 2 atom stereocenters. The fraction of sp³-hybridized carbons (Fsp3) is 0.526. The highest BCUT2D eigenvalue weighted by Crippen LogP contribution is 2.38. The quantitative estimate of drug-likeness (QED) is 0.886. The van der Waals surface area contributed by atoms with Gasteiger partial charge in [0.2, 0.25) is 0 Å². The van der Waals surface area contributed by atoms with E-state index >= 15 is 0 Å². The average molecular weight is 328 g/mol. The Morgan fingerprint density at radius 2 is 2.12 bits per heavy atom. The molecule has 2 aromatic rings. The van der Waals surface area contributed by atoms with E-state index in [1.165, 1.54) is 25.6 Å². The third-order valence-corrected chi connectivity index (χ3v) is 5.13. The molecule has 0 aliphatic heterocycles. The van der Waals surface area contributed by atoms with E-state index in [4.69, 9.17) is 9.52 Å². The van der Waals surface area contributed by atoms with Gasteiger partial charge in [-0.05, 0) is 57.6 Å². The number of rotatable bonds is 5. The molecule has 0 amide bonds. The molecule has 3 rings (SSSR count). The fourth-order valence-electron chi connectivity index (χ4n) is 3.78. The number of aryl methyl sites for hydroxylation is 2. The zero-order chi connectivity index (χ0) is 17.1. The normalized spacial score (nSPS) is 20.9. The van der Waals surface area contributed by atoms with Crippen molar-refractivity contribution in [3.63, 3.8) is 0 Å². The summed E-state index contributed by atoms with van der Waals surface area (Å²) in [5.74, 6) is 2.26. The van der Waals surface area contributed by atoms with Gasteiger partial charge in [0, 0.05) is 17.2 Å². The van der Waals surface area contributed by atoms with Gasteiger partial charge in [-0.25, -0.2) is 14.8 Å². The van der Waals surface area contributed by atoms with Gasteiger partial charge in [-0.15, -0.1) is 0 Å². The summed E-state index contributed by atoms with van der Waals surface area (Å²) >= 11 is 0. The Hall–Kier alpha value is -2.17. The minimum atomic E-state index is -0.984. The van der Waals surface area contributed by atoms with Crippen LogP contribution < -0.4 is 0 Å². The van der Waals surface area contributed by atoms with Gasteiger partial charge in [0.15, 0.2) is 5.69 Å². The highest BCUT2D eigenvalue weighted by molar-refractivity contribution is 5.87. The first kappa shape index (κ1) is 16.7. The van der Waals surface area contributed by atoms with Gasteiger partial charge in [-0.2, -0.15) is 0 Å². The molecular formula is C19H24N2O3. The lowest BCUT2D eigenvalue weighted by Crippen LogP contribution is -2.15. The molecule has 1 saturated carbocycles. The SMILES string of the molecule is Cc1ccc([C@@H]2CCC[C@H](CCc3ncnc(C(=O)O)c3C)C2)o1. The van der Waals surface area contributed by atoms with Crippen LogP contribution in [0.25, 0.3) is 0 Å². The lowest BCUT2D eigenvalue weighted by Gasteiger charge is -2.28. The van der Waals surface area contributed by atoms with E-state index in [1.807, 2.05) is 13.0 Å². The number of aromatic nitrogens is 2. The second-order valence-electron chi connectivity index (χ2n) is 6.82. The number of hydrogen-bond acceptors (Lipinski definition) is 4. The standard InChI is InChI=1S/C19H24N2O3/c1-12-6-9-17(24-12)15-5-3-4-14(10-15)7-8-16-13(2)18(19(22)23)21-11-20-16/h6,9,11,14-15H,3-5,7-8,10H2,1-2H3,(H,22,23)/t14-,15-/m1/s1. The van der Waals surface area contributed by atoms with Crippen LogP contribution in [0.1, 0.15) is 71.3 Å². The number of nitrogens with zero attached hydrogens (tertiary/aromatic N) is 2. The minimum absolute atomic E-state index is 0.118. The third kappa shape index (κ3) is 3.66. The van der Waals surface area contributed by atoms with Crippen LogP contribution in [0.3, 0.4) is 0 Å². The first-order valence-electron chi connectivity index (χ1n) is 8.64. The van der Waals surface area contributed by atoms with Crippen molar-refractivity contribution in [1.82, 2.24) is 9.97 Å². The first-order chi connectivity index (χ1) is 11.5. The van der Waals surface area contributed by atoms with E-state index in [2.05, 4.69) is 16.0 Å². The predicted octanol–water partition coefficient (Wildman–Crippen LogP) is 4.29. The van der Waals surface area contributed by atoms with Gasteiger partial charge in [0.05, 0.1) is 0 Å². The molecule has 0 radical (unpaired) electrons. The lowest BCUT2D eigenvalue weighted by molar-refractivity contribution is 0.0689. The summed E-state index contributed by atoms with van der Waals surface area (Å²) in [7, 11) is 0. The second-order valence-corrected chi connectivity index (χ2v) is 6.82. The molecule has 0 spiro atoms. The first-order valence-corrected chi connectivity index (χ1v) is 8.64. The fourth-order valence-corrected chi connectivity index (χ4v) is 3.78. The van der Waals surface area contributed by atoms with Gasteiger partial charge in [-0.3, -0.25) is 0 Å². The van der Waals surface area contributed by atoms with Crippen molar-refractivity contribution >= 4 is 5.97 Å². The maximum Gasteiger partial charge on any atom is 0.354 e. The van der Waals surface area contributed by atoms with Crippen LogP contribution in [0.15, 0.2) is 22.9 Å². The summed E-state index contributed by atoms with van der Waals surface area (Å²) in [4.78, 5) is 19.3. The van der Waals surface area contributed by atoms with E-state index in [0.717, 1.165) is 36.5 Å². The number of carboxylic acid groups (broad SMARTS) is 1. The number of aromatic carboxylic acids is 1. The predicted molar refractivity (Wildman–Crippen MR) is 90.2 cm³/mol. The van der Waals surface area contributed by atoms with E-state index in [-0.39, 0.29) is 5.69 Å². The Bertz CT molecular complexity index is 723. The van der Waals surface area contributed by atoms with Crippen molar-refractivity contribution in [3.8, 4) is 0 Å². The van der Waals surface area contributed by atoms with Gasteiger partial charge in [0.1, 0.15) is 17.8 Å².